The first-order valence-electron chi connectivity index (χ1n) is 2.66. The Balaban J connectivity index is 2.79. The molecule has 0 radical (unpaired) electrons. The number of alkyl halides is 1. The highest BCUT2D eigenvalue weighted by Crippen LogP contribution is 1.86. The second-order valence-electron chi connectivity index (χ2n) is 1.57. The van der Waals surface area contributed by atoms with Crippen LogP contribution in [0, 0.1) is 0 Å². The fourth-order valence-electron chi connectivity index (χ4n) is 0.535. The van der Waals surface area contributed by atoms with Crippen LogP contribution >= 0.6 is 0 Å². The molecule has 0 fully saturated rings. The summed E-state index contributed by atoms with van der Waals surface area (Å²) < 4.78 is 12.7. The molecule has 0 saturated heterocycles. The zero-order chi connectivity index (χ0) is 7.40. The van der Waals surface area contributed by atoms with Gasteiger partial charge in [-0.2, -0.15) is 0 Å². The molecule has 54 valence electrons. The Kier molecular flexibility index (Phi) is 2.03. The van der Waals surface area contributed by atoms with Crippen molar-refractivity contribution in [3.8, 4) is 0 Å². The van der Waals surface area contributed by atoms with Gasteiger partial charge in [0, 0.05) is 0 Å². The van der Waals surface area contributed by atoms with E-state index in [1.54, 1.807) is 0 Å². The second-order valence-corrected chi connectivity index (χ2v) is 1.57. The third kappa shape index (κ3) is 1.15. The highest BCUT2D eigenvalue weighted by molar-refractivity contribution is 5.68. The summed E-state index contributed by atoms with van der Waals surface area (Å²) >= 11 is 0. The standard InChI is InChI=1S/C4H5FN4O/c5-1-2-9-4(3-10)6-7-8-9/h3H,1-2H2. The molecular weight excluding hydrogens is 139 g/mol. The van der Waals surface area contributed by atoms with Gasteiger partial charge in [0.05, 0.1) is 6.54 Å². The van der Waals surface area contributed by atoms with E-state index in [1.807, 2.05) is 0 Å². The molecule has 1 heterocycles. The summed E-state index contributed by atoms with van der Waals surface area (Å²) in [6.45, 7) is -0.549. The van der Waals surface area contributed by atoms with E-state index in [1.165, 1.54) is 0 Å². The number of carbonyl (C=O) groups excluding carboxylic acids is 1. The molecule has 0 aliphatic carbocycles. The maximum absolute atomic E-state index is 11.6. The molecule has 0 aliphatic heterocycles. The lowest BCUT2D eigenvalue weighted by Gasteiger charge is -1.92. The molecule has 0 aromatic carbocycles. The van der Waals surface area contributed by atoms with Crippen molar-refractivity contribution in [3.05, 3.63) is 5.82 Å². The van der Waals surface area contributed by atoms with Crippen molar-refractivity contribution in [3.63, 3.8) is 0 Å². The van der Waals surface area contributed by atoms with Crippen LogP contribution in [0.5, 0.6) is 0 Å². The van der Waals surface area contributed by atoms with E-state index in [-0.39, 0.29) is 12.4 Å². The number of nitrogens with zero attached hydrogens (tertiary/aromatic N) is 4. The van der Waals surface area contributed by atoms with Gasteiger partial charge >= 0.3 is 0 Å². The third-order valence-corrected chi connectivity index (χ3v) is 0.961. The fourth-order valence-corrected chi connectivity index (χ4v) is 0.535. The van der Waals surface area contributed by atoms with Crippen LogP contribution in [0.2, 0.25) is 0 Å². The molecule has 0 bridgehead atoms. The average Bonchev–Trinajstić information content (AvgIpc) is 2.36. The first-order chi connectivity index (χ1) is 4.88. The Morgan fingerprint density at radius 2 is 2.50 bits per heavy atom. The molecule has 1 aromatic rings. The molecule has 0 N–H and O–H groups in total. The minimum absolute atomic E-state index is 0.0288. The van der Waals surface area contributed by atoms with Crippen LogP contribution in [-0.4, -0.2) is 33.2 Å². The van der Waals surface area contributed by atoms with Crippen molar-refractivity contribution in [1.29, 1.82) is 0 Å². The van der Waals surface area contributed by atoms with Crippen LogP contribution < -0.4 is 0 Å². The van der Waals surface area contributed by atoms with Crippen molar-refractivity contribution in [2.24, 2.45) is 0 Å². The Labute approximate surface area is 55.8 Å². The predicted octanol–water partition coefficient (Wildman–Crippen LogP) is -0.545. The molecule has 6 heteroatoms. The van der Waals surface area contributed by atoms with E-state index in [9.17, 15) is 9.18 Å². The van der Waals surface area contributed by atoms with E-state index in [4.69, 9.17) is 0 Å². The van der Waals surface area contributed by atoms with Crippen molar-refractivity contribution < 1.29 is 9.18 Å². The second kappa shape index (κ2) is 3.00. The molecule has 0 saturated carbocycles. The molecule has 5 nitrogen and oxygen atoms in total. The SMILES string of the molecule is O=Cc1nnnn1CCF. The molecular formula is C4H5FN4O. The maximum Gasteiger partial charge on any atom is 0.215 e. The lowest BCUT2D eigenvalue weighted by molar-refractivity contribution is 0.110. The van der Waals surface area contributed by atoms with Crippen LogP contribution in [0.1, 0.15) is 10.6 Å². The smallest absolute Gasteiger partial charge is 0.215 e. The summed E-state index contributed by atoms with van der Waals surface area (Å²) in [7, 11) is 0. The van der Waals surface area contributed by atoms with E-state index in [0.717, 1.165) is 4.68 Å². The maximum atomic E-state index is 11.6. The third-order valence-electron chi connectivity index (χ3n) is 0.961. The zero-order valence-corrected chi connectivity index (χ0v) is 5.07. The minimum Gasteiger partial charge on any atom is -0.294 e. The average molecular weight is 144 g/mol. The number of rotatable bonds is 3. The number of carbonyl (C=O) groups is 1. The number of hydrogen-bond acceptors (Lipinski definition) is 4. The largest absolute Gasteiger partial charge is 0.294 e. The molecule has 0 amide bonds. The van der Waals surface area contributed by atoms with Crippen LogP contribution in [0.25, 0.3) is 0 Å². The predicted molar refractivity (Wildman–Crippen MR) is 29.2 cm³/mol. The van der Waals surface area contributed by atoms with Crippen molar-refractivity contribution in [1.82, 2.24) is 20.2 Å². The number of tetrazole rings is 1. The lowest BCUT2D eigenvalue weighted by Crippen LogP contribution is -2.06. The van der Waals surface area contributed by atoms with Crippen molar-refractivity contribution >= 4 is 6.29 Å². The van der Waals surface area contributed by atoms with E-state index in [0.29, 0.717) is 6.29 Å². The van der Waals surface area contributed by atoms with Gasteiger partial charge in [0.1, 0.15) is 6.67 Å². The first kappa shape index (κ1) is 6.79. The Morgan fingerprint density at radius 1 is 1.70 bits per heavy atom. The van der Waals surface area contributed by atoms with Crippen LogP contribution in [0.4, 0.5) is 4.39 Å². The van der Waals surface area contributed by atoms with Crippen LogP contribution in [0.3, 0.4) is 0 Å². The van der Waals surface area contributed by atoms with Gasteiger partial charge in [0.15, 0.2) is 6.29 Å². The molecule has 0 aliphatic rings. The monoisotopic (exact) mass is 144 g/mol. The van der Waals surface area contributed by atoms with E-state index in [2.05, 4.69) is 15.5 Å². The number of aromatic nitrogens is 4. The topological polar surface area (TPSA) is 60.7 Å². The minimum atomic E-state index is -0.578. The summed E-state index contributed by atoms with van der Waals surface area (Å²) in [4.78, 5) is 10.1. The van der Waals surface area contributed by atoms with Crippen LogP contribution in [0.15, 0.2) is 0 Å². The molecule has 0 spiro atoms. The molecule has 1 rings (SSSR count). The Hall–Kier alpha value is -1.33. The Bertz CT molecular complexity index is 223. The zero-order valence-electron chi connectivity index (χ0n) is 5.07. The molecule has 0 unspecified atom stereocenters. The van der Waals surface area contributed by atoms with Gasteiger partial charge in [-0.3, -0.25) is 4.79 Å². The van der Waals surface area contributed by atoms with E-state index < -0.39 is 6.67 Å². The van der Waals surface area contributed by atoms with Crippen molar-refractivity contribution in [2.75, 3.05) is 6.67 Å². The summed E-state index contributed by atoms with van der Waals surface area (Å²) in [5, 5.41) is 9.86. The van der Waals surface area contributed by atoms with Crippen LogP contribution in [-0.2, 0) is 6.54 Å². The van der Waals surface area contributed by atoms with Gasteiger partial charge in [-0.1, -0.05) is 0 Å². The van der Waals surface area contributed by atoms with Gasteiger partial charge in [0.25, 0.3) is 0 Å². The number of aldehydes is 1. The van der Waals surface area contributed by atoms with Gasteiger partial charge in [-0.15, -0.1) is 5.10 Å². The number of halogens is 1. The Morgan fingerprint density at radius 3 is 3.10 bits per heavy atom. The molecule has 10 heavy (non-hydrogen) atoms. The van der Waals surface area contributed by atoms with E-state index >= 15 is 0 Å². The highest BCUT2D eigenvalue weighted by Gasteiger charge is 2.01. The summed E-state index contributed by atoms with van der Waals surface area (Å²) in [5.74, 6) is 0.0534. The summed E-state index contributed by atoms with van der Waals surface area (Å²) in [6, 6.07) is 0. The van der Waals surface area contributed by atoms with Gasteiger partial charge < -0.3 is 0 Å². The van der Waals surface area contributed by atoms with Gasteiger partial charge in [-0.25, -0.2) is 9.07 Å². The molecule has 0 atom stereocenters. The normalized spacial score (nSPS) is 9.70. The quantitative estimate of drug-likeness (QED) is 0.534. The van der Waals surface area contributed by atoms with Crippen molar-refractivity contribution in [2.45, 2.75) is 6.54 Å². The van der Waals surface area contributed by atoms with Gasteiger partial charge in [-0.05, 0) is 10.4 Å². The highest BCUT2D eigenvalue weighted by atomic mass is 19.1. The summed E-state index contributed by atoms with van der Waals surface area (Å²) in [6.07, 6.45) is 0.482. The first-order valence-corrected chi connectivity index (χ1v) is 2.66. The number of hydrogen-bond donors (Lipinski definition) is 0. The lowest BCUT2D eigenvalue weighted by atomic mass is 10.6. The fraction of sp³-hybridized carbons (Fsp3) is 0.500. The summed E-state index contributed by atoms with van der Waals surface area (Å²) in [5.41, 5.74) is 0. The van der Waals surface area contributed by atoms with Gasteiger partial charge in [0.2, 0.25) is 5.82 Å². The number of aryl methyl sites for hydroxylation is 1. The molecule has 1 aromatic heterocycles.